The molecule has 1 aromatic rings. The van der Waals surface area contributed by atoms with E-state index in [-0.39, 0.29) is 19.7 Å². The molecule has 0 unspecified atom stereocenters. The molecular weight excluding hydrogens is 378 g/mol. The van der Waals surface area contributed by atoms with Crippen LogP contribution in [0.2, 0.25) is 0 Å². The Bertz CT molecular complexity index is 692. The lowest BCUT2D eigenvalue weighted by molar-refractivity contribution is -0.127. The summed E-state index contributed by atoms with van der Waals surface area (Å²) < 4.78 is 11.3. The Morgan fingerprint density at radius 3 is 2.67 bits per heavy atom. The van der Waals surface area contributed by atoms with Crippen molar-refractivity contribution in [3.63, 3.8) is 0 Å². The molecule has 0 aromatic heterocycles. The van der Waals surface area contributed by atoms with Crippen LogP contribution in [0.4, 0.5) is 0 Å². The number of amides is 2. The van der Waals surface area contributed by atoms with E-state index in [4.69, 9.17) is 21.2 Å². The summed E-state index contributed by atoms with van der Waals surface area (Å²) in [6.45, 7) is 1.75. The Labute approximate surface area is 148 Å². The van der Waals surface area contributed by atoms with E-state index in [0.717, 1.165) is 0 Å². The summed E-state index contributed by atoms with van der Waals surface area (Å²) in [4.78, 5) is 23.1. The number of ether oxygens (including phenoxy) is 2. The normalized spacial score (nSPS) is 9.33. The minimum absolute atomic E-state index is 0.0983. The first-order chi connectivity index (χ1) is 11.5. The fourth-order valence-corrected chi connectivity index (χ4v) is 2.17. The highest BCUT2D eigenvalue weighted by Gasteiger charge is 2.14. The van der Waals surface area contributed by atoms with Crippen molar-refractivity contribution in [2.75, 3.05) is 26.3 Å². The van der Waals surface area contributed by atoms with Gasteiger partial charge in [-0.15, -0.1) is 6.42 Å². The molecule has 0 bridgehead atoms. The van der Waals surface area contributed by atoms with Gasteiger partial charge in [0, 0.05) is 6.07 Å². The zero-order chi connectivity index (χ0) is 17.9. The van der Waals surface area contributed by atoms with Gasteiger partial charge in [-0.2, -0.15) is 5.26 Å². The van der Waals surface area contributed by atoms with Crippen LogP contribution >= 0.6 is 15.9 Å². The predicted octanol–water partition coefficient (Wildman–Crippen LogP) is 0.964. The number of rotatable bonds is 8. The second-order valence-electron chi connectivity index (χ2n) is 4.38. The molecule has 0 saturated carbocycles. The molecular formula is C16H16BrN3O4. The van der Waals surface area contributed by atoms with Crippen LogP contribution in [0.25, 0.3) is 0 Å². The number of nitrogens with one attached hydrogen (secondary N) is 2. The maximum Gasteiger partial charge on any atom is 0.258 e. The number of hydrogen-bond donors (Lipinski definition) is 2. The van der Waals surface area contributed by atoms with Crippen molar-refractivity contribution in [1.29, 1.82) is 5.26 Å². The Kier molecular flexibility index (Phi) is 8.17. The van der Waals surface area contributed by atoms with E-state index in [1.807, 2.05) is 6.07 Å². The van der Waals surface area contributed by atoms with Crippen LogP contribution in [-0.4, -0.2) is 38.1 Å². The molecule has 126 valence electrons. The van der Waals surface area contributed by atoms with Crippen molar-refractivity contribution in [2.45, 2.75) is 6.92 Å². The van der Waals surface area contributed by atoms with Crippen molar-refractivity contribution in [2.24, 2.45) is 0 Å². The minimum Gasteiger partial charge on any atom is -0.490 e. The van der Waals surface area contributed by atoms with E-state index in [1.165, 1.54) is 6.07 Å². The molecule has 2 N–H and O–H groups in total. The standard InChI is InChI=1S/C16H16BrN3O4/c1-3-5-19-14(21)9-20-15(22)10-24-16-12(17)6-11(8-18)7-13(16)23-4-2/h1,6-7H,4-5,9-10H2,2H3,(H,19,21)(H,20,22). The number of benzene rings is 1. The Balaban J connectivity index is 2.63. The molecule has 0 atom stereocenters. The van der Waals surface area contributed by atoms with Crippen molar-refractivity contribution < 1.29 is 19.1 Å². The van der Waals surface area contributed by atoms with Gasteiger partial charge in [-0.3, -0.25) is 9.59 Å². The van der Waals surface area contributed by atoms with Crippen LogP contribution in [0.3, 0.4) is 0 Å². The first-order valence-corrected chi connectivity index (χ1v) is 7.77. The first-order valence-electron chi connectivity index (χ1n) is 6.97. The summed E-state index contributed by atoms with van der Waals surface area (Å²) in [5, 5.41) is 13.8. The van der Waals surface area contributed by atoms with Crippen LogP contribution in [0.1, 0.15) is 12.5 Å². The van der Waals surface area contributed by atoms with Crippen LogP contribution < -0.4 is 20.1 Å². The number of carbonyl (C=O) groups excluding carboxylic acids is 2. The zero-order valence-electron chi connectivity index (χ0n) is 13.0. The van der Waals surface area contributed by atoms with Crippen molar-refractivity contribution in [3.05, 3.63) is 22.2 Å². The third kappa shape index (κ3) is 6.19. The van der Waals surface area contributed by atoms with Gasteiger partial charge in [0.25, 0.3) is 5.91 Å². The molecule has 0 aliphatic rings. The SMILES string of the molecule is C#CCNC(=O)CNC(=O)COc1c(Br)cc(C#N)cc1OCC. The number of terminal acetylenes is 1. The van der Waals surface area contributed by atoms with Crippen LogP contribution in [0.15, 0.2) is 16.6 Å². The summed E-state index contributed by atoms with van der Waals surface area (Å²) >= 11 is 3.28. The lowest BCUT2D eigenvalue weighted by atomic mass is 10.2. The predicted molar refractivity (Wildman–Crippen MR) is 90.4 cm³/mol. The summed E-state index contributed by atoms with van der Waals surface area (Å²) in [6, 6.07) is 5.09. The van der Waals surface area contributed by atoms with Crippen LogP contribution in [0.5, 0.6) is 11.5 Å². The van der Waals surface area contributed by atoms with E-state index in [2.05, 4.69) is 32.5 Å². The van der Waals surface area contributed by atoms with Gasteiger partial charge in [-0.25, -0.2) is 0 Å². The summed E-state index contributed by atoms with van der Waals surface area (Å²) in [6.07, 6.45) is 5.01. The summed E-state index contributed by atoms with van der Waals surface area (Å²) in [5.74, 6) is 2.04. The summed E-state index contributed by atoms with van der Waals surface area (Å²) in [5.41, 5.74) is 0.396. The number of nitrogens with zero attached hydrogens (tertiary/aromatic N) is 1. The quantitative estimate of drug-likeness (QED) is 0.640. The lowest BCUT2D eigenvalue weighted by Gasteiger charge is -2.14. The van der Waals surface area contributed by atoms with Crippen molar-refractivity contribution in [3.8, 4) is 29.9 Å². The van der Waals surface area contributed by atoms with Gasteiger partial charge in [0.15, 0.2) is 18.1 Å². The second-order valence-corrected chi connectivity index (χ2v) is 5.23. The number of carbonyl (C=O) groups is 2. The van der Waals surface area contributed by atoms with Crippen molar-refractivity contribution in [1.82, 2.24) is 10.6 Å². The average Bonchev–Trinajstić information content (AvgIpc) is 2.57. The zero-order valence-corrected chi connectivity index (χ0v) is 14.6. The van der Waals surface area contributed by atoms with Gasteiger partial charge < -0.3 is 20.1 Å². The van der Waals surface area contributed by atoms with Crippen molar-refractivity contribution >= 4 is 27.7 Å². The fraction of sp³-hybridized carbons (Fsp3) is 0.312. The van der Waals surface area contributed by atoms with E-state index in [0.29, 0.717) is 28.1 Å². The molecule has 7 nitrogen and oxygen atoms in total. The maximum absolute atomic E-state index is 11.7. The Hall–Kier alpha value is -2.71. The highest BCUT2D eigenvalue weighted by atomic mass is 79.9. The second kappa shape index (κ2) is 10.1. The number of halogens is 1. The first kappa shape index (κ1) is 19.3. The van der Waals surface area contributed by atoms with E-state index in [1.54, 1.807) is 13.0 Å². The van der Waals surface area contributed by atoms with E-state index < -0.39 is 11.8 Å². The largest absolute Gasteiger partial charge is 0.490 e. The van der Waals surface area contributed by atoms with Crippen LogP contribution in [-0.2, 0) is 9.59 Å². The highest BCUT2D eigenvalue weighted by Crippen LogP contribution is 2.36. The molecule has 1 rings (SSSR count). The third-order valence-electron chi connectivity index (χ3n) is 2.62. The highest BCUT2D eigenvalue weighted by molar-refractivity contribution is 9.10. The van der Waals surface area contributed by atoms with Gasteiger partial charge in [-0.05, 0) is 28.9 Å². The summed E-state index contributed by atoms with van der Waals surface area (Å²) in [7, 11) is 0. The Morgan fingerprint density at radius 1 is 1.29 bits per heavy atom. The van der Waals surface area contributed by atoms with Gasteiger partial charge in [0.2, 0.25) is 5.91 Å². The minimum atomic E-state index is -0.482. The molecule has 0 radical (unpaired) electrons. The topological polar surface area (TPSA) is 100 Å². The molecule has 0 heterocycles. The lowest BCUT2D eigenvalue weighted by Crippen LogP contribution is -2.39. The molecule has 0 spiro atoms. The van der Waals surface area contributed by atoms with Gasteiger partial charge in [0.05, 0.1) is 35.8 Å². The van der Waals surface area contributed by atoms with Crippen LogP contribution in [0, 0.1) is 23.7 Å². The molecule has 0 fully saturated rings. The Morgan fingerprint density at radius 2 is 2.04 bits per heavy atom. The molecule has 1 aromatic carbocycles. The maximum atomic E-state index is 11.7. The third-order valence-corrected chi connectivity index (χ3v) is 3.21. The van der Waals surface area contributed by atoms with Gasteiger partial charge in [-0.1, -0.05) is 5.92 Å². The smallest absolute Gasteiger partial charge is 0.258 e. The number of hydrogen-bond acceptors (Lipinski definition) is 5. The van der Waals surface area contributed by atoms with Gasteiger partial charge >= 0.3 is 0 Å². The fourth-order valence-electron chi connectivity index (χ4n) is 1.62. The monoisotopic (exact) mass is 393 g/mol. The molecule has 0 aliphatic heterocycles. The number of nitriles is 1. The molecule has 24 heavy (non-hydrogen) atoms. The van der Waals surface area contributed by atoms with E-state index >= 15 is 0 Å². The molecule has 8 heteroatoms. The van der Waals surface area contributed by atoms with E-state index in [9.17, 15) is 9.59 Å². The van der Waals surface area contributed by atoms with Gasteiger partial charge in [0.1, 0.15) is 0 Å². The molecule has 0 aliphatic carbocycles. The molecule has 0 saturated heterocycles. The average molecular weight is 394 g/mol. The molecule has 2 amide bonds.